The monoisotopic (exact) mass is 301 g/mol. The fourth-order valence-electron chi connectivity index (χ4n) is 1.98. The predicted octanol–water partition coefficient (Wildman–Crippen LogP) is 0.539. The summed E-state index contributed by atoms with van der Waals surface area (Å²) in [6.45, 7) is 1.42. The lowest BCUT2D eigenvalue weighted by Crippen LogP contribution is -2.40. The minimum atomic E-state index is -0.677. The molecule has 7 nitrogen and oxygen atoms in total. The Kier molecular flexibility index (Phi) is 4.07. The van der Waals surface area contributed by atoms with Gasteiger partial charge >= 0.3 is 5.69 Å². The molecule has 0 aliphatic heterocycles. The number of anilines is 1. The van der Waals surface area contributed by atoms with Crippen LogP contribution in [0, 0.1) is 0 Å². The van der Waals surface area contributed by atoms with Crippen LogP contribution in [-0.4, -0.2) is 20.8 Å². The molecule has 1 heterocycles. The summed E-state index contributed by atoms with van der Waals surface area (Å²) >= 11 is 0. The number of benzene rings is 1. The van der Waals surface area contributed by atoms with E-state index < -0.39 is 17.2 Å². The van der Waals surface area contributed by atoms with Crippen molar-refractivity contribution in [1.82, 2.24) is 9.13 Å². The van der Waals surface area contributed by atoms with Crippen LogP contribution >= 0.6 is 0 Å². The average Bonchev–Trinajstić information content (AvgIpc) is 2.49. The Morgan fingerprint density at radius 3 is 2.45 bits per heavy atom. The van der Waals surface area contributed by atoms with Gasteiger partial charge in [0.15, 0.2) is 5.78 Å². The molecule has 0 fully saturated rings. The van der Waals surface area contributed by atoms with E-state index in [1.54, 1.807) is 18.2 Å². The van der Waals surface area contributed by atoms with Crippen molar-refractivity contribution >= 4 is 17.4 Å². The number of hydrogen-bond donors (Lipinski definition) is 1. The molecule has 1 N–H and O–H groups in total. The summed E-state index contributed by atoms with van der Waals surface area (Å²) in [7, 11) is 2.76. The second kappa shape index (κ2) is 5.80. The lowest BCUT2D eigenvalue weighted by molar-refractivity contribution is 0.101. The molecule has 0 atom stereocenters. The maximum atomic E-state index is 12.2. The molecule has 0 saturated carbocycles. The van der Waals surface area contributed by atoms with Gasteiger partial charge < -0.3 is 9.88 Å². The molecule has 0 saturated heterocycles. The van der Waals surface area contributed by atoms with Gasteiger partial charge in [0, 0.05) is 31.5 Å². The summed E-state index contributed by atoms with van der Waals surface area (Å²) in [6, 6.07) is 6.39. The van der Waals surface area contributed by atoms with Crippen molar-refractivity contribution in [2.45, 2.75) is 6.92 Å². The van der Waals surface area contributed by atoms with Crippen molar-refractivity contribution in [2.75, 3.05) is 5.32 Å². The molecule has 7 heteroatoms. The molecule has 0 spiro atoms. The number of ketones is 1. The number of nitrogens with one attached hydrogen (secondary N) is 1. The van der Waals surface area contributed by atoms with Crippen molar-refractivity contribution < 1.29 is 9.59 Å². The Morgan fingerprint density at radius 2 is 1.82 bits per heavy atom. The molecule has 2 rings (SSSR count). The second-order valence-electron chi connectivity index (χ2n) is 4.89. The lowest BCUT2D eigenvalue weighted by Gasteiger charge is -2.08. The first-order chi connectivity index (χ1) is 10.3. The van der Waals surface area contributed by atoms with Crippen LogP contribution in [0.25, 0.3) is 0 Å². The summed E-state index contributed by atoms with van der Waals surface area (Å²) in [5.41, 5.74) is -0.499. The third-order valence-corrected chi connectivity index (χ3v) is 3.22. The lowest BCUT2D eigenvalue weighted by atomic mass is 10.1. The van der Waals surface area contributed by atoms with Crippen LogP contribution in [0.4, 0.5) is 5.69 Å². The maximum absolute atomic E-state index is 12.2. The minimum absolute atomic E-state index is 0.130. The van der Waals surface area contributed by atoms with Gasteiger partial charge in [0.25, 0.3) is 11.5 Å². The van der Waals surface area contributed by atoms with Crippen LogP contribution in [-0.2, 0) is 14.1 Å². The van der Waals surface area contributed by atoms with E-state index in [1.165, 1.54) is 33.3 Å². The van der Waals surface area contributed by atoms with Gasteiger partial charge in [0.1, 0.15) is 5.56 Å². The molecule has 114 valence electrons. The van der Waals surface area contributed by atoms with Crippen LogP contribution in [0.15, 0.2) is 40.1 Å². The molecule has 0 unspecified atom stereocenters. The van der Waals surface area contributed by atoms with Crippen molar-refractivity contribution in [1.29, 1.82) is 0 Å². The van der Waals surface area contributed by atoms with E-state index in [9.17, 15) is 19.2 Å². The number of Topliss-reactive ketones (excluding diaryl/α,β-unsaturated/α-hetero) is 1. The first-order valence-electron chi connectivity index (χ1n) is 6.50. The SMILES string of the molecule is CC(=O)c1cccc(NC(=O)c2cn(C)c(=O)n(C)c2=O)c1. The molecule has 0 radical (unpaired) electrons. The number of nitrogens with zero attached hydrogens (tertiary/aromatic N) is 2. The molecule has 2 aromatic rings. The third-order valence-electron chi connectivity index (χ3n) is 3.22. The summed E-state index contributed by atoms with van der Waals surface area (Å²) in [5.74, 6) is -0.772. The summed E-state index contributed by atoms with van der Waals surface area (Å²) < 4.78 is 2.02. The normalized spacial score (nSPS) is 10.3. The van der Waals surface area contributed by atoms with Gasteiger partial charge in [-0.15, -0.1) is 0 Å². The summed E-state index contributed by atoms with van der Waals surface area (Å²) in [4.78, 5) is 47.1. The fourth-order valence-corrected chi connectivity index (χ4v) is 1.98. The van der Waals surface area contributed by atoms with Gasteiger partial charge in [-0.2, -0.15) is 0 Å². The quantitative estimate of drug-likeness (QED) is 0.838. The number of amides is 1. The molecular formula is C15H15N3O4. The van der Waals surface area contributed by atoms with Crippen LogP contribution < -0.4 is 16.6 Å². The van der Waals surface area contributed by atoms with Crippen molar-refractivity contribution in [3.05, 3.63) is 62.4 Å². The number of rotatable bonds is 3. The second-order valence-corrected chi connectivity index (χ2v) is 4.89. The largest absolute Gasteiger partial charge is 0.330 e. The highest BCUT2D eigenvalue weighted by molar-refractivity contribution is 6.04. The molecular weight excluding hydrogens is 286 g/mol. The van der Waals surface area contributed by atoms with E-state index in [2.05, 4.69) is 5.32 Å². The maximum Gasteiger partial charge on any atom is 0.330 e. The Hall–Kier alpha value is -2.96. The van der Waals surface area contributed by atoms with Crippen molar-refractivity contribution in [3.63, 3.8) is 0 Å². The van der Waals surface area contributed by atoms with E-state index in [4.69, 9.17) is 0 Å². The van der Waals surface area contributed by atoms with E-state index >= 15 is 0 Å². The Morgan fingerprint density at radius 1 is 1.14 bits per heavy atom. The van der Waals surface area contributed by atoms with Gasteiger partial charge in [0.05, 0.1) is 0 Å². The van der Waals surface area contributed by atoms with Crippen LogP contribution in [0.5, 0.6) is 0 Å². The van der Waals surface area contributed by atoms with E-state index in [0.29, 0.717) is 11.3 Å². The Balaban J connectivity index is 2.38. The first-order valence-corrected chi connectivity index (χ1v) is 6.50. The standard InChI is InChI=1S/C15H15N3O4/c1-9(19)10-5-4-6-11(7-10)16-13(20)12-8-17(2)15(22)18(3)14(12)21/h4-8H,1-3H3,(H,16,20). The topological polar surface area (TPSA) is 90.2 Å². The zero-order valence-electron chi connectivity index (χ0n) is 12.4. The van der Waals surface area contributed by atoms with Gasteiger partial charge in [-0.3, -0.25) is 19.0 Å². The molecule has 1 aromatic heterocycles. The van der Waals surface area contributed by atoms with Crippen molar-refractivity contribution in [2.24, 2.45) is 14.1 Å². The van der Waals surface area contributed by atoms with Crippen LogP contribution in [0.3, 0.4) is 0 Å². The highest BCUT2D eigenvalue weighted by Crippen LogP contribution is 2.11. The third kappa shape index (κ3) is 2.88. The first kappa shape index (κ1) is 15.4. The Labute approximate surface area is 125 Å². The van der Waals surface area contributed by atoms with Gasteiger partial charge in [-0.1, -0.05) is 12.1 Å². The average molecular weight is 301 g/mol. The molecule has 0 aliphatic rings. The van der Waals surface area contributed by atoms with Crippen molar-refractivity contribution in [3.8, 4) is 0 Å². The van der Waals surface area contributed by atoms with Gasteiger partial charge in [-0.05, 0) is 19.1 Å². The summed E-state index contributed by atoms with van der Waals surface area (Å²) in [5, 5.41) is 2.55. The van der Waals surface area contributed by atoms with Gasteiger partial charge in [-0.25, -0.2) is 4.79 Å². The number of carbonyl (C=O) groups excluding carboxylic acids is 2. The van der Waals surface area contributed by atoms with E-state index in [-0.39, 0.29) is 11.3 Å². The number of aryl methyl sites for hydroxylation is 1. The van der Waals surface area contributed by atoms with Crippen LogP contribution in [0.2, 0.25) is 0 Å². The molecule has 1 amide bonds. The fraction of sp³-hybridized carbons (Fsp3) is 0.200. The van der Waals surface area contributed by atoms with Crippen LogP contribution in [0.1, 0.15) is 27.6 Å². The highest BCUT2D eigenvalue weighted by Gasteiger charge is 2.15. The molecule has 0 aliphatic carbocycles. The number of carbonyl (C=O) groups is 2. The number of hydrogen-bond acceptors (Lipinski definition) is 4. The zero-order chi connectivity index (χ0) is 16.4. The predicted molar refractivity (Wildman–Crippen MR) is 81.3 cm³/mol. The van der Waals surface area contributed by atoms with Gasteiger partial charge in [0.2, 0.25) is 0 Å². The zero-order valence-corrected chi connectivity index (χ0v) is 12.4. The summed E-state index contributed by atoms with van der Waals surface area (Å²) in [6.07, 6.45) is 1.19. The molecule has 1 aromatic carbocycles. The smallest absolute Gasteiger partial charge is 0.322 e. The molecule has 22 heavy (non-hydrogen) atoms. The van der Waals surface area contributed by atoms with E-state index in [1.807, 2.05) is 0 Å². The number of aromatic nitrogens is 2. The Bertz CT molecular complexity index is 877. The molecule has 0 bridgehead atoms. The van der Waals surface area contributed by atoms with E-state index in [0.717, 1.165) is 9.13 Å². The minimum Gasteiger partial charge on any atom is -0.322 e. The highest BCUT2D eigenvalue weighted by atomic mass is 16.2.